The van der Waals surface area contributed by atoms with E-state index in [1.54, 1.807) is 24.0 Å². The Balaban J connectivity index is 1.39. The van der Waals surface area contributed by atoms with Crippen molar-refractivity contribution >= 4 is 23.3 Å². The molecule has 1 atom stereocenters. The van der Waals surface area contributed by atoms with Gasteiger partial charge in [0.05, 0.1) is 16.9 Å². The number of benzene rings is 2. The zero-order valence-electron chi connectivity index (χ0n) is 17.1. The molecule has 2 aliphatic heterocycles. The summed E-state index contributed by atoms with van der Waals surface area (Å²) < 4.78 is 5.92. The number of para-hydroxylation sites is 2. The van der Waals surface area contributed by atoms with Crippen molar-refractivity contribution < 1.29 is 24.3 Å². The molecule has 8 nitrogen and oxygen atoms in total. The van der Waals surface area contributed by atoms with Gasteiger partial charge in [-0.15, -0.1) is 5.48 Å². The SMILES string of the molecule is CC1=C(C(=O)N2CCN(C3CC3)c3ccccc32)C(Oc2ccc(C(=O)O)cc2)NO1. The number of hydrogen-bond acceptors (Lipinski definition) is 6. The highest BCUT2D eigenvalue weighted by Crippen LogP contribution is 2.40. The summed E-state index contributed by atoms with van der Waals surface area (Å²) >= 11 is 0. The van der Waals surface area contributed by atoms with E-state index < -0.39 is 12.2 Å². The minimum absolute atomic E-state index is 0.163. The average molecular weight is 421 g/mol. The number of carbonyl (C=O) groups excluding carboxylic acids is 1. The number of amides is 1. The van der Waals surface area contributed by atoms with Gasteiger partial charge in [0.2, 0.25) is 6.23 Å². The molecule has 0 radical (unpaired) electrons. The number of ether oxygens (including phenoxy) is 1. The van der Waals surface area contributed by atoms with Crippen LogP contribution in [0.1, 0.15) is 30.1 Å². The molecule has 1 saturated carbocycles. The number of anilines is 2. The van der Waals surface area contributed by atoms with Gasteiger partial charge in [0.15, 0.2) is 0 Å². The summed E-state index contributed by atoms with van der Waals surface area (Å²) in [6.45, 7) is 3.10. The lowest BCUT2D eigenvalue weighted by Crippen LogP contribution is -2.47. The van der Waals surface area contributed by atoms with Crippen molar-refractivity contribution in [2.75, 3.05) is 22.9 Å². The number of aromatic carboxylic acids is 1. The van der Waals surface area contributed by atoms with Crippen molar-refractivity contribution in [3.05, 3.63) is 65.4 Å². The van der Waals surface area contributed by atoms with Crippen LogP contribution in [0.3, 0.4) is 0 Å². The number of hydrogen-bond donors (Lipinski definition) is 2. The number of carboxylic acids is 1. The van der Waals surface area contributed by atoms with Crippen molar-refractivity contribution in [3.63, 3.8) is 0 Å². The lowest BCUT2D eigenvalue weighted by Gasteiger charge is -2.38. The molecule has 1 amide bonds. The van der Waals surface area contributed by atoms with Crippen LogP contribution >= 0.6 is 0 Å². The van der Waals surface area contributed by atoms with Gasteiger partial charge in [0.1, 0.15) is 17.1 Å². The van der Waals surface area contributed by atoms with Gasteiger partial charge in [0.25, 0.3) is 5.91 Å². The van der Waals surface area contributed by atoms with Crippen molar-refractivity contribution in [2.24, 2.45) is 0 Å². The van der Waals surface area contributed by atoms with Crippen molar-refractivity contribution in [1.29, 1.82) is 0 Å². The van der Waals surface area contributed by atoms with Gasteiger partial charge >= 0.3 is 5.97 Å². The number of rotatable bonds is 5. The zero-order chi connectivity index (χ0) is 21.5. The number of nitrogens with zero attached hydrogens (tertiary/aromatic N) is 2. The largest absolute Gasteiger partial charge is 0.478 e. The topological polar surface area (TPSA) is 91.3 Å². The third kappa shape index (κ3) is 3.59. The molecule has 0 aromatic heterocycles. The highest BCUT2D eigenvalue weighted by atomic mass is 16.7. The van der Waals surface area contributed by atoms with Gasteiger partial charge in [-0.1, -0.05) is 12.1 Å². The van der Waals surface area contributed by atoms with E-state index in [9.17, 15) is 9.59 Å². The van der Waals surface area contributed by atoms with E-state index in [0.717, 1.165) is 17.9 Å². The zero-order valence-corrected chi connectivity index (χ0v) is 17.1. The van der Waals surface area contributed by atoms with Crippen LogP contribution in [0.25, 0.3) is 0 Å². The van der Waals surface area contributed by atoms with Crippen LogP contribution in [-0.4, -0.2) is 42.3 Å². The average Bonchev–Trinajstić information content (AvgIpc) is 3.56. The van der Waals surface area contributed by atoms with Crippen LogP contribution in [0.15, 0.2) is 59.9 Å². The Morgan fingerprint density at radius 3 is 2.45 bits per heavy atom. The highest BCUT2D eigenvalue weighted by molar-refractivity contribution is 6.09. The van der Waals surface area contributed by atoms with Crippen LogP contribution in [0, 0.1) is 0 Å². The van der Waals surface area contributed by atoms with E-state index >= 15 is 0 Å². The third-order valence-corrected chi connectivity index (χ3v) is 5.83. The van der Waals surface area contributed by atoms with Crippen molar-refractivity contribution in [3.8, 4) is 5.75 Å². The predicted molar refractivity (Wildman–Crippen MR) is 114 cm³/mol. The maximum Gasteiger partial charge on any atom is 0.335 e. The number of carbonyl (C=O) groups is 2. The second-order valence-corrected chi connectivity index (χ2v) is 7.89. The third-order valence-electron chi connectivity index (χ3n) is 5.83. The summed E-state index contributed by atoms with van der Waals surface area (Å²) in [7, 11) is 0. The molecule has 0 spiro atoms. The lowest BCUT2D eigenvalue weighted by atomic mass is 10.1. The van der Waals surface area contributed by atoms with Crippen LogP contribution in [0.5, 0.6) is 5.75 Å². The first-order valence-corrected chi connectivity index (χ1v) is 10.3. The first-order valence-electron chi connectivity index (χ1n) is 10.3. The molecule has 31 heavy (non-hydrogen) atoms. The quantitative estimate of drug-likeness (QED) is 0.767. The first-order chi connectivity index (χ1) is 15.0. The fourth-order valence-corrected chi connectivity index (χ4v) is 4.10. The standard InChI is InChI=1S/C23H23N3O5/c1-14-20(21(24-31-14)30-17-10-6-15(7-11-17)23(28)29)22(27)26-13-12-25(16-8-9-16)18-4-2-3-5-19(18)26/h2-7,10-11,16,21,24H,8-9,12-13H2,1H3,(H,28,29). The molecule has 8 heteroatoms. The Labute approximate surface area is 179 Å². The van der Waals surface area contributed by atoms with Crippen molar-refractivity contribution in [1.82, 2.24) is 5.48 Å². The molecule has 160 valence electrons. The second-order valence-electron chi connectivity index (χ2n) is 7.89. The Hall–Kier alpha value is -3.52. The van der Waals surface area contributed by atoms with E-state index in [4.69, 9.17) is 14.7 Å². The van der Waals surface area contributed by atoms with E-state index in [1.807, 2.05) is 18.2 Å². The molecule has 2 heterocycles. The fourth-order valence-electron chi connectivity index (χ4n) is 4.10. The summed E-state index contributed by atoms with van der Waals surface area (Å²) in [6.07, 6.45) is 1.60. The molecule has 2 aromatic rings. The molecule has 2 aromatic carbocycles. The Morgan fingerprint density at radius 1 is 1.06 bits per heavy atom. The number of hydroxylamine groups is 1. The van der Waals surface area contributed by atoms with Gasteiger partial charge in [-0.25, -0.2) is 4.79 Å². The maximum absolute atomic E-state index is 13.6. The van der Waals surface area contributed by atoms with Crippen LogP contribution in [0.2, 0.25) is 0 Å². The Morgan fingerprint density at radius 2 is 1.77 bits per heavy atom. The van der Waals surface area contributed by atoms with Crippen molar-refractivity contribution in [2.45, 2.75) is 32.0 Å². The molecule has 0 saturated heterocycles. The Kier molecular flexibility index (Phi) is 4.78. The molecule has 0 bridgehead atoms. The van der Waals surface area contributed by atoms with Gasteiger partial charge in [-0.2, -0.15) is 0 Å². The van der Waals surface area contributed by atoms with E-state index in [1.165, 1.54) is 25.0 Å². The molecular formula is C23H23N3O5. The van der Waals surface area contributed by atoms with Crippen LogP contribution in [0.4, 0.5) is 11.4 Å². The lowest BCUT2D eigenvalue weighted by molar-refractivity contribution is -0.116. The van der Waals surface area contributed by atoms with Gasteiger partial charge in [-0.05, 0) is 56.2 Å². The maximum atomic E-state index is 13.6. The highest BCUT2D eigenvalue weighted by Gasteiger charge is 2.40. The smallest absolute Gasteiger partial charge is 0.335 e. The molecule has 2 N–H and O–H groups in total. The number of nitrogens with one attached hydrogen (secondary N) is 1. The first kappa shape index (κ1) is 19.4. The molecule has 3 aliphatic rings. The Bertz CT molecular complexity index is 1060. The normalized spacial score (nSPS) is 20.4. The molecule has 1 unspecified atom stereocenters. The summed E-state index contributed by atoms with van der Waals surface area (Å²) in [5.74, 6) is -0.286. The summed E-state index contributed by atoms with van der Waals surface area (Å²) in [5, 5.41) is 9.06. The monoisotopic (exact) mass is 421 g/mol. The summed E-state index contributed by atoms with van der Waals surface area (Å²) in [6, 6.07) is 14.6. The van der Waals surface area contributed by atoms with E-state index in [2.05, 4.69) is 16.4 Å². The summed E-state index contributed by atoms with van der Waals surface area (Å²) in [5.41, 5.74) is 5.29. The number of fused-ring (bicyclic) bond motifs is 1. The van der Waals surface area contributed by atoms with Crippen LogP contribution < -0.4 is 20.0 Å². The van der Waals surface area contributed by atoms with Gasteiger partial charge in [-0.3, -0.25) is 4.79 Å². The number of carboxylic acid groups (broad SMARTS) is 1. The van der Waals surface area contributed by atoms with Gasteiger partial charge < -0.3 is 24.5 Å². The number of allylic oxidation sites excluding steroid dienone is 1. The van der Waals surface area contributed by atoms with E-state index in [0.29, 0.717) is 29.7 Å². The van der Waals surface area contributed by atoms with Crippen LogP contribution in [-0.2, 0) is 9.63 Å². The minimum atomic E-state index is -1.01. The summed E-state index contributed by atoms with van der Waals surface area (Å²) in [4.78, 5) is 34.2. The van der Waals surface area contributed by atoms with E-state index in [-0.39, 0.29) is 11.5 Å². The predicted octanol–water partition coefficient (Wildman–Crippen LogP) is 2.91. The minimum Gasteiger partial charge on any atom is -0.478 e. The molecular weight excluding hydrogens is 398 g/mol. The molecule has 5 rings (SSSR count). The van der Waals surface area contributed by atoms with Gasteiger partial charge in [0, 0.05) is 19.1 Å². The molecule has 1 aliphatic carbocycles. The second kappa shape index (κ2) is 7.63. The molecule has 1 fully saturated rings. The fraction of sp³-hybridized carbons (Fsp3) is 0.304.